The van der Waals surface area contributed by atoms with E-state index in [-0.39, 0.29) is 12.1 Å². The van der Waals surface area contributed by atoms with Crippen LogP contribution in [0.3, 0.4) is 0 Å². The van der Waals surface area contributed by atoms with Crippen molar-refractivity contribution in [2.24, 2.45) is 5.92 Å². The highest BCUT2D eigenvalue weighted by Crippen LogP contribution is 2.29. The standard InChI is InChI=1S/C15H20ClNO2/c1-2-10-3-6-12(7-4-10)19-15(18)13-8-5-11(17)9-14(13)16/h5,8-10,12H,2-4,6-7,17H2,1H3. The fourth-order valence-corrected chi connectivity index (χ4v) is 2.84. The van der Waals surface area contributed by atoms with Gasteiger partial charge >= 0.3 is 5.97 Å². The van der Waals surface area contributed by atoms with E-state index in [1.807, 2.05) is 0 Å². The number of carbonyl (C=O) groups excluding carboxylic acids is 1. The summed E-state index contributed by atoms with van der Waals surface area (Å²) >= 11 is 6.01. The van der Waals surface area contributed by atoms with Gasteiger partial charge in [-0.3, -0.25) is 0 Å². The van der Waals surface area contributed by atoms with Crippen LogP contribution >= 0.6 is 11.6 Å². The van der Waals surface area contributed by atoms with E-state index in [0.29, 0.717) is 16.3 Å². The Bertz CT molecular complexity index is 453. The van der Waals surface area contributed by atoms with E-state index in [1.54, 1.807) is 18.2 Å². The Morgan fingerprint density at radius 2 is 2.05 bits per heavy atom. The minimum atomic E-state index is -0.343. The first-order chi connectivity index (χ1) is 9.10. The average molecular weight is 282 g/mol. The zero-order chi connectivity index (χ0) is 13.8. The molecule has 1 fully saturated rings. The predicted octanol–water partition coefficient (Wildman–Crippen LogP) is 4.05. The maximum absolute atomic E-state index is 12.0. The summed E-state index contributed by atoms with van der Waals surface area (Å²) in [5, 5.41) is 0.354. The third-order valence-electron chi connectivity index (χ3n) is 3.86. The molecule has 1 aliphatic carbocycles. The summed E-state index contributed by atoms with van der Waals surface area (Å²) in [4.78, 5) is 12.0. The molecule has 0 aromatic heterocycles. The van der Waals surface area contributed by atoms with Gasteiger partial charge in [0.05, 0.1) is 10.6 Å². The molecule has 0 aliphatic heterocycles. The van der Waals surface area contributed by atoms with Crippen LogP contribution in [-0.2, 0) is 4.74 Å². The zero-order valence-corrected chi connectivity index (χ0v) is 12.0. The molecule has 2 N–H and O–H groups in total. The summed E-state index contributed by atoms with van der Waals surface area (Å²) in [5.74, 6) is 0.444. The molecular formula is C15H20ClNO2. The van der Waals surface area contributed by atoms with Gasteiger partial charge in [0, 0.05) is 5.69 Å². The number of benzene rings is 1. The van der Waals surface area contributed by atoms with Gasteiger partial charge in [-0.05, 0) is 49.8 Å². The van der Waals surface area contributed by atoms with Crippen molar-refractivity contribution in [2.75, 3.05) is 5.73 Å². The molecule has 0 amide bonds. The summed E-state index contributed by atoms with van der Waals surface area (Å²) < 4.78 is 5.53. The average Bonchev–Trinajstić information content (AvgIpc) is 2.39. The second-order valence-corrected chi connectivity index (χ2v) is 5.60. The van der Waals surface area contributed by atoms with Gasteiger partial charge in [-0.25, -0.2) is 4.79 Å². The predicted molar refractivity (Wildman–Crippen MR) is 77.3 cm³/mol. The van der Waals surface area contributed by atoms with Crippen molar-refractivity contribution in [3.63, 3.8) is 0 Å². The normalized spacial score (nSPS) is 23.1. The molecule has 0 unspecified atom stereocenters. The molecule has 1 aromatic rings. The van der Waals surface area contributed by atoms with Crippen molar-refractivity contribution in [1.29, 1.82) is 0 Å². The number of ether oxygens (including phenoxy) is 1. The van der Waals surface area contributed by atoms with Crippen LogP contribution in [0, 0.1) is 5.92 Å². The van der Waals surface area contributed by atoms with Crippen molar-refractivity contribution >= 4 is 23.3 Å². The van der Waals surface area contributed by atoms with E-state index in [4.69, 9.17) is 22.1 Å². The van der Waals surface area contributed by atoms with E-state index in [9.17, 15) is 4.79 Å². The quantitative estimate of drug-likeness (QED) is 0.672. The molecule has 3 nitrogen and oxygen atoms in total. The molecule has 0 saturated heterocycles. The highest BCUT2D eigenvalue weighted by Gasteiger charge is 2.24. The molecule has 0 radical (unpaired) electrons. The van der Waals surface area contributed by atoms with Crippen molar-refractivity contribution in [1.82, 2.24) is 0 Å². The van der Waals surface area contributed by atoms with Crippen LogP contribution < -0.4 is 5.73 Å². The Balaban J connectivity index is 1.94. The smallest absolute Gasteiger partial charge is 0.339 e. The first-order valence-electron chi connectivity index (χ1n) is 6.86. The van der Waals surface area contributed by atoms with Crippen LogP contribution in [-0.4, -0.2) is 12.1 Å². The van der Waals surface area contributed by atoms with Crippen LogP contribution in [0.5, 0.6) is 0 Å². The fraction of sp³-hybridized carbons (Fsp3) is 0.533. The van der Waals surface area contributed by atoms with Gasteiger partial charge in [0.25, 0.3) is 0 Å². The number of rotatable bonds is 3. The molecule has 0 bridgehead atoms. The number of halogens is 1. The largest absolute Gasteiger partial charge is 0.459 e. The van der Waals surface area contributed by atoms with Crippen LogP contribution in [0.1, 0.15) is 49.4 Å². The topological polar surface area (TPSA) is 52.3 Å². The minimum Gasteiger partial charge on any atom is -0.459 e. The molecule has 1 aromatic carbocycles. The first kappa shape index (κ1) is 14.2. The monoisotopic (exact) mass is 281 g/mol. The van der Waals surface area contributed by atoms with Gasteiger partial charge in [-0.15, -0.1) is 0 Å². The van der Waals surface area contributed by atoms with Gasteiger partial charge < -0.3 is 10.5 Å². The summed E-state index contributed by atoms with van der Waals surface area (Å²) in [6.07, 6.45) is 5.44. The van der Waals surface area contributed by atoms with Gasteiger partial charge in [0.1, 0.15) is 6.10 Å². The van der Waals surface area contributed by atoms with E-state index < -0.39 is 0 Å². The minimum absolute atomic E-state index is 0.0314. The lowest BCUT2D eigenvalue weighted by molar-refractivity contribution is 0.0164. The van der Waals surface area contributed by atoms with Crippen LogP contribution in [0.4, 0.5) is 5.69 Å². The van der Waals surface area contributed by atoms with Crippen LogP contribution in [0.15, 0.2) is 18.2 Å². The Hall–Kier alpha value is -1.22. The lowest BCUT2D eigenvalue weighted by Crippen LogP contribution is -2.24. The number of anilines is 1. The van der Waals surface area contributed by atoms with Gasteiger partial charge in [0.15, 0.2) is 0 Å². The Labute approximate surface area is 119 Å². The molecule has 1 aliphatic rings. The number of nitrogen functional groups attached to an aromatic ring is 1. The second-order valence-electron chi connectivity index (χ2n) is 5.20. The van der Waals surface area contributed by atoms with Crippen molar-refractivity contribution in [3.05, 3.63) is 28.8 Å². The lowest BCUT2D eigenvalue weighted by Gasteiger charge is -2.27. The number of nitrogens with two attached hydrogens (primary N) is 1. The number of hydrogen-bond donors (Lipinski definition) is 1. The molecule has 4 heteroatoms. The fourth-order valence-electron chi connectivity index (χ4n) is 2.57. The Kier molecular flexibility index (Phi) is 4.70. The number of hydrogen-bond acceptors (Lipinski definition) is 3. The van der Waals surface area contributed by atoms with Crippen molar-refractivity contribution in [3.8, 4) is 0 Å². The highest BCUT2D eigenvalue weighted by atomic mass is 35.5. The maximum Gasteiger partial charge on any atom is 0.339 e. The summed E-state index contributed by atoms with van der Waals surface area (Å²) in [6.45, 7) is 2.21. The molecule has 1 saturated carbocycles. The lowest BCUT2D eigenvalue weighted by atomic mass is 9.86. The SMILES string of the molecule is CCC1CCC(OC(=O)c2ccc(N)cc2Cl)CC1. The first-order valence-corrected chi connectivity index (χ1v) is 7.24. The second kappa shape index (κ2) is 6.29. The molecule has 0 spiro atoms. The molecule has 2 rings (SSSR count). The van der Waals surface area contributed by atoms with E-state index in [1.165, 1.54) is 6.42 Å². The molecule has 0 heterocycles. The molecule has 19 heavy (non-hydrogen) atoms. The Morgan fingerprint density at radius 3 is 2.63 bits per heavy atom. The van der Waals surface area contributed by atoms with Gasteiger partial charge in [-0.2, -0.15) is 0 Å². The summed E-state index contributed by atoms with van der Waals surface area (Å²) in [6, 6.07) is 4.86. The third-order valence-corrected chi connectivity index (χ3v) is 4.17. The van der Waals surface area contributed by atoms with E-state index in [0.717, 1.165) is 31.6 Å². The van der Waals surface area contributed by atoms with Gasteiger partial charge in [-0.1, -0.05) is 24.9 Å². The number of carbonyl (C=O) groups is 1. The third kappa shape index (κ3) is 3.63. The summed E-state index contributed by atoms with van der Waals surface area (Å²) in [7, 11) is 0. The Morgan fingerprint density at radius 1 is 1.37 bits per heavy atom. The van der Waals surface area contributed by atoms with Crippen molar-refractivity contribution in [2.45, 2.75) is 45.1 Å². The van der Waals surface area contributed by atoms with E-state index in [2.05, 4.69) is 6.92 Å². The van der Waals surface area contributed by atoms with Crippen LogP contribution in [0.2, 0.25) is 5.02 Å². The van der Waals surface area contributed by atoms with Crippen LogP contribution in [0.25, 0.3) is 0 Å². The van der Waals surface area contributed by atoms with E-state index >= 15 is 0 Å². The molecule has 0 atom stereocenters. The molecular weight excluding hydrogens is 262 g/mol. The van der Waals surface area contributed by atoms with Gasteiger partial charge in [0.2, 0.25) is 0 Å². The van der Waals surface area contributed by atoms with Crippen molar-refractivity contribution < 1.29 is 9.53 Å². The molecule has 104 valence electrons. The maximum atomic E-state index is 12.0. The number of esters is 1. The zero-order valence-electron chi connectivity index (χ0n) is 11.2. The highest BCUT2D eigenvalue weighted by molar-refractivity contribution is 6.33. The summed E-state index contributed by atoms with van der Waals surface area (Å²) in [5.41, 5.74) is 6.55.